The van der Waals surface area contributed by atoms with E-state index in [1.165, 1.54) is 25.0 Å². The minimum absolute atomic E-state index is 0.111. The summed E-state index contributed by atoms with van der Waals surface area (Å²) in [6.45, 7) is 8.71. The highest BCUT2D eigenvalue weighted by atomic mass is 19.1. The molecule has 0 radical (unpaired) electrons. The largest absolute Gasteiger partial charge is 0.340 e. The average molecular weight is 461 g/mol. The van der Waals surface area contributed by atoms with Crippen LogP contribution in [0.5, 0.6) is 0 Å². The van der Waals surface area contributed by atoms with Gasteiger partial charge in [0.2, 0.25) is 0 Å². The molecule has 0 atom stereocenters. The predicted octanol–water partition coefficient (Wildman–Crippen LogP) is 4.76. The number of anilines is 2. The third kappa shape index (κ3) is 3.98. The van der Waals surface area contributed by atoms with E-state index in [-0.39, 0.29) is 11.6 Å². The first-order valence-corrected chi connectivity index (χ1v) is 11.6. The lowest BCUT2D eigenvalue weighted by Crippen LogP contribution is -2.24. The van der Waals surface area contributed by atoms with Crippen molar-refractivity contribution in [1.29, 1.82) is 0 Å². The van der Waals surface area contributed by atoms with Gasteiger partial charge in [0.25, 0.3) is 5.56 Å². The van der Waals surface area contributed by atoms with Crippen molar-refractivity contribution >= 4 is 22.4 Å². The molecule has 0 unspecified atom stereocenters. The van der Waals surface area contributed by atoms with E-state index in [1.54, 1.807) is 29.2 Å². The lowest BCUT2D eigenvalue weighted by atomic mass is 10.0. The molecule has 5 rings (SSSR count). The summed E-state index contributed by atoms with van der Waals surface area (Å²) in [5.74, 6) is 0.635. The molecule has 8 heteroatoms. The molecule has 1 aliphatic heterocycles. The average Bonchev–Trinajstić information content (AvgIpc) is 3.10. The number of hydrogen-bond acceptors (Lipinski definition) is 5. The Balaban J connectivity index is 1.63. The molecule has 1 aliphatic rings. The van der Waals surface area contributed by atoms with Crippen LogP contribution in [0.4, 0.5) is 15.9 Å². The molecule has 0 saturated carbocycles. The fourth-order valence-corrected chi connectivity index (χ4v) is 4.49. The van der Waals surface area contributed by atoms with Crippen LogP contribution in [0.3, 0.4) is 0 Å². The van der Waals surface area contributed by atoms with Gasteiger partial charge in [-0.2, -0.15) is 0 Å². The van der Waals surface area contributed by atoms with Gasteiger partial charge >= 0.3 is 0 Å². The molecule has 34 heavy (non-hydrogen) atoms. The molecule has 0 spiro atoms. The summed E-state index contributed by atoms with van der Waals surface area (Å²) in [6.07, 6.45) is 4.18. The normalized spacial score (nSPS) is 13.9. The van der Waals surface area contributed by atoms with E-state index < -0.39 is 5.67 Å². The number of benzene rings is 1. The number of pyridine rings is 2. The Morgan fingerprint density at radius 3 is 2.71 bits per heavy atom. The molecule has 0 fully saturated rings. The van der Waals surface area contributed by atoms with Crippen LogP contribution in [0.25, 0.3) is 16.6 Å². The molecule has 0 amide bonds. The van der Waals surface area contributed by atoms with Crippen molar-refractivity contribution in [2.45, 2.75) is 52.4 Å². The monoisotopic (exact) mass is 460 g/mol. The molecule has 2 N–H and O–H groups in total. The van der Waals surface area contributed by atoms with Crippen LogP contribution in [0.2, 0.25) is 0 Å². The second-order valence-corrected chi connectivity index (χ2v) is 9.55. The Bertz CT molecular complexity index is 1430. The van der Waals surface area contributed by atoms with Gasteiger partial charge in [0.15, 0.2) is 0 Å². The van der Waals surface area contributed by atoms with Gasteiger partial charge in [0.1, 0.15) is 11.5 Å². The molecule has 176 valence electrons. The van der Waals surface area contributed by atoms with E-state index >= 15 is 0 Å². The maximum atomic E-state index is 14.7. The smallest absolute Gasteiger partial charge is 0.276 e. The number of halogens is 1. The summed E-state index contributed by atoms with van der Waals surface area (Å²) in [7, 11) is 0. The SMILES string of the molecule is CC(C)n1c(=O)c2cnc(Nc3ccc4c(c3)CCNC4)cc2n1-c1ccnc(C(C)(C)F)c1. The fraction of sp³-hybridized carbons (Fsp3) is 0.346. The third-order valence-electron chi connectivity index (χ3n) is 6.22. The fourth-order valence-electron chi connectivity index (χ4n) is 4.49. The van der Waals surface area contributed by atoms with Gasteiger partial charge in [-0.25, -0.2) is 18.7 Å². The van der Waals surface area contributed by atoms with Crippen molar-refractivity contribution < 1.29 is 4.39 Å². The van der Waals surface area contributed by atoms with Crippen LogP contribution in [0, 0.1) is 0 Å². The third-order valence-corrected chi connectivity index (χ3v) is 6.22. The zero-order valence-electron chi connectivity index (χ0n) is 19.9. The van der Waals surface area contributed by atoms with Crippen LogP contribution < -0.4 is 16.2 Å². The molecular weight excluding hydrogens is 431 g/mol. The maximum absolute atomic E-state index is 14.7. The first-order chi connectivity index (χ1) is 16.2. The van der Waals surface area contributed by atoms with Crippen LogP contribution in [0.15, 0.2) is 53.6 Å². The van der Waals surface area contributed by atoms with Gasteiger partial charge < -0.3 is 10.6 Å². The molecule has 0 bridgehead atoms. The molecule has 1 aromatic carbocycles. The zero-order chi connectivity index (χ0) is 24.0. The minimum Gasteiger partial charge on any atom is -0.340 e. The number of fused-ring (bicyclic) bond motifs is 2. The standard InChI is InChI=1S/C26H29FN6O/c1-16(2)32-25(34)21-15-30-24(31-19-6-5-18-14-28-9-7-17(18)11-19)13-22(21)33(32)20-8-10-29-23(12-20)26(3,4)27/h5-6,8,10-13,15-16,28H,7,9,14H2,1-4H3,(H,30,31). The number of rotatable bonds is 5. The molecule has 0 saturated heterocycles. The summed E-state index contributed by atoms with van der Waals surface area (Å²) in [5.41, 5.74) is 3.54. The van der Waals surface area contributed by atoms with Gasteiger partial charge in [-0.1, -0.05) is 6.07 Å². The van der Waals surface area contributed by atoms with Crippen molar-refractivity contribution in [3.63, 3.8) is 0 Å². The van der Waals surface area contributed by atoms with E-state index in [0.29, 0.717) is 28.1 Å². The highest BCUT2D eigenvalue weighted by molar-refractivity contribution is 5.83. The van der Waals surface area contributed by atoms with E-state index in [1.807, 2.05) is 30.7 Å². The number of hydrogen-bond donors (Lipinski definition) is 2. The van der Waals surface area contributed by atoms with Crippen LogP contribution >= 0.6 is 0 Å². The molecule has 4 heterocycles. The van der Waals surface area contributed by atoms with Gasteiger partial charge in [0.05, 0.1) is 22.3 Å². The van der Waals surface area contributed by atoms with E-state index in [9.17, 15) is 9.18 Å². The Morgan fingerprint density at radius 2 is 1.94 bits per heavy atom. The van der Waals surface area contributed by atoms with Crippen molar-refractivity contribution in [3.8, 4) is 5.69 Å². The van der Waals surface area contributed by atoms with Gasteiger partial charge in [-0.15, -0.1) is 0 Å². The van der Waals surface area contributed by atoms with Crippen LogP contribution in [0.1, 0.15) is 50.6 Å². The molecular formula is C26H29FN6O. The second-order valence-electron chi connectivity index (χ2n) is 9.55. The summed E-state index contributed by atoms with van der Waals surface area (Å²) >= 11 is 0. The van der Waals surface area contributed by atoms with Crippen LogP contribution in [-0.4, -0.2) is 25.9 Å². The highest BCUT2D eigenvalue weighted by Crippen LogP contribution is 2.28. The number of nitrogens with one attached hydrogen (secondary N) is 2. The van der Waals surface area contributed by atoms with Gasteiger partial charge in [-0.3, -0.25) is 9.78 Å². The lowest BCUT2D eigenvalue weighted by Gasteiger charge is -2.19. The van der Waals surface area contributed by atoms with Gasteiger partial charge in [0, 0.05) is 36.7 Å². The maximum Gasteiger partial charge on any atom is 0.276 e. The summed E-state index contributed by atoms with van der Waals surface area (Å²) in [4.78, 5) is 22.0. The number of alkyl halides is 1. The summed E-state index contributed by atoms with van der Waals surface area (Å²) < 4.78 is 18.2. The summed E-state index contributed by atoms with van der Waals surface area (Å²) in [5, 5.41) is 7.28. The first-order valence-electron chi connectivity index (χ1n) is 11.6. The Hall–Kier alpha value is -3.52. The van der Waals surface area contributed by atoms with Crippen molar-refractivity contribution in [2.75, 3.05) is 11.9 Å². The Labute approximate surface area is 197 Å². The minimum atomic E-state index is -1.60. The molecule has 3 aromatic heterocycles. The van der Waals surface area contributed by atoms with E-state index in [4.69, 9.17) is 0 Å². The number of nitrogens with zero attached hydrogens (tertiary/aromatic N) is 4. The van der Waals surface area contributed by atoms with Crippen LogP contribution in [-0.2, 0) is 18.6 Å². The van der Waals surface area contributed by atoms with E-state index in [0.717, 1.165) is 25.2 Å². The highest BCUT2D eigenvalue weighted by Gasteiger charge is 2.23. The lowest BCUT2D eigenvalue weighted by molar-refractivity contribution is 0.214. The zero-order valence-corrected chi connectivity index (χ0v) is 19.9. The molecule has 0 aliphatic carbocycles. The topological polar surface area (TPSA) is 76.8 Å². The Morgan fingerprint density at radius 1 is 1.12 bits per heavy atom. The van der Waals surface area contributed by atoms with Gasteiger partial charge in [-0.05, 0) is 76.1 Å². The van der Waals surface area contributed by atoms with Crippen molar-refractivity contribution in [3.05, 3.63) is 76.0 Å². The number of aromatic nitrogens is 4. The molecule has 4 aromatic rings. The summed E-state index contributed by atoms with van der Waals surface area (Å²) in [6, 6.07) is 11.6. The second kappa shape index (κ2) is 8.36. The molecule has 7 nitrogen and oxygen atoms in total. The quantitative estimate of drug-likeness (QED) is 0.449. The first kappa shape index (κ1) is 22.3. The van der Waals surface area contributed by atoms with Crippen molar-refractivity contribution in [1.82, 2.24) is 24.6 Å². The van der Waals surface area contributed by atoms with Crippen molar-refractivity contribution in [2.24, 2.45) is 0 Å². The van der Waals surface area contributed by atoms with E-state index in [2.05, 4.69) is 32.7 Å². The predicted molar refractivity (Wildman–Crippen MR) is 133 cm³/mol. The Kier molecular flexibility index (Phi) is 5.48.